The highest BCUT2D eigenvalue weighted by atomic mass is 19.3. The summed E-state index contributed by atoms with van der Waals surface area (Å²) >= 11 is 0. The molecule has 0 amide bonds. The maximum absolute atomic E-state index is 14.8. The molecule has 2 N–H and O–H groups in total. The molecule has 2 unspecified atom stereocenters. The van der Waals surface area contributed by atoms with E-state index in [9.17, 15) is 18.7 Å². The summed E-state index contributed by atoms with van der Waals surface area (Å²) < 4.78 is 29.5. The van der Waals surface area contributed by atoms with Gasteiger partial charge in [-0.2, -0.15) is 8.78 Å². The Labute approximate surface area is 156 Å². The van der Waals surface area contributed by atoms with Crippen LogP contribution in [0.5, 0.6) is 0 Å². The number of halogens is 2. The van der Waals surface area contributed by atoms with E-state index in [1.165, 1.54) is 13.0 Å². The number of carbonyl (C=O) groups is 1. The normalized spacial score (nSPS) is 23.9. The molecule has 0 saturated heterocycles. The van der Waals surface area contributed by atoms with Crippen molar-refractivity contribution in [2.45, 2.75) is 44.3 Å². The van der Waals surface area contributed by atoms with E-state index >= 15 is 0 Å². The number of Topliss-reactive ketones (excluding diaryl/α,β-unsaturated/α-hetero) is 1. The first-order valence-corrected chi connectivity index (χ1v) is 9.10. The maximum Gasteiger partial charge on any atom is 0.331 e. The Morgan fingerprint density at radius 1 is 1.15 bits per heavy atom. The number of carbonyl (C=O) groups excluding carboxylic acids is 1. The summed E-state index contributed by atoms with van der Waals surface area (Å²) in [4.78, 5) is 12.6. The van der Waals surface area contributed by atoms with Gasteiger partial charge < -0.3 is 10.4 Å². The van der Waals surface area contributed by atoms with Gasteiger partial charge in [-0.25, -0.2) is 0 Å². The van der Waals surface area contributed by atoms with Gasteiger partial charge in [0.15, 0.2) is 0 Å². The minimum Gasteiger partial charge on any atom is -0.389 e. The molecule has 3 nitrogen and oxygen atoms in total. The predicted molar refractivity (Wildman–Crippen MR) is 99.3 cm³/mol. The summed E-state index contributed by atoms with van der Waals surface area (Å²) in [7, 11) is 0. The van der Waals surface area contributed by atoms with E-state index < -0.39 is 23.7 Å². The fraction of sp³-hybridized carbons (Fsp3) is 0.318. The van der Waals surface area contributed by atoms with E-state index in [0.717, 1.165) is 16.8 Å². The van der Waals surface area contributed by atoms with Gasteiger partial charge in [0.2, 0.25) is 5.78 Å². The van der Waals surface area contributed by atoms with E-state index in [-0.39, 0.29) is 23.6 Å². The molecule has 0 spiro atoms. The minimum atomic E-state index is -3.58. The number of aliphatic hydroxyl groups excluding tert-OH is 1. The zero-order valence-corrected chi connectivity index (χ0v) is 15.2. The molecule has 0 saturated carbocycles. The van der Waals surface area contributed by atoms with Crippen molar-refractivity contribution in [3.05, 3.63) is 76.0 Å². The van der Waals surface area contributed by atoms with Crippen molar-refractivity contribution in [3.8, 4) is 0 Å². The van der Waals surface area contributed by atoms with Crippen LogP contribution in [-0.2, 0) is 10.7 Å². The SMILES string of the molecule is CC1NC(CC2C(=O)C(F)(F)c3c2cccc3[C@H](C)O)=Cc2ccccc21. The number of allylic oxidation sites excluding steroid dienone is 1. The third-order valence-electron chi connectivity index (χ3n) is 5.51. The monoisotopic (exact) mass is 369 g/mol. The van der Waals surface area contributed by atoms with E-state index in [1.807, 2.05) is 37.3 Å². The minimum absolute atomic E-state index is 0.0430. The second-order valence-corrected chi connectivity index (χ2v) is 7.35. The first kappa shape index (κ1) is 17.9. The molecule has 1 aliphatic carbocycles. The van der Waals surface area contributed by atoms with Crippen LogP contribution < -0.4 is 5.32 Å². The van der Waals surface area contributed by atoms with Gasteiger partial charge in [-0.05, 0) is 42.2 Å². The van der Waals surface area contributed by atoms with Gasteiger partial charge in [0.05, 0.1) is 12.0 Å². The zero-order valence-electron chi connectivity index (χ0n) is 15.2. The van der Waals surface area contributed by atoms with Gasteiger partial charge in [-0.1, -0.05) is 42.5 Å². The number of alkyl halides is 2. The van der Waals surface area contributed by atoms with Crippen LogP contribution in [0.1, 0.15) is 66.1 Å². The molecule has 0 bridgehead atoms. The van der Waals surface area contributed by atoms with Crippen LogP contribution in [0.25, 0.3) is 6.08 Å². The zero-order chi connectivity index (χ0) is 19.3. The summed E-state index contributed by atoms with van der Waals surface area (Å²) in [6.07, 6.45) is 1.05. The third-order valence-corrected chi connectivity index (χ3v) is 5.51. The molecule has 2 aromatic rings. The Bertz CT molecular complexity index is 949. The van der Waals surface area contributed by atoms with Crippen LogP contribution in [0, 0.1) is 0 Å². The molecule has 2 aromatic carbocycles. The standard InChI is InChI=1S/C22H21F2NO2/c1-12-16-7-4-3-6-14(16)10-15(25-12)11-19-18-9-5-8-17(13(2)26)20(18)22(23,24)21(19)27/h3-10,12-13,19,25-26H,11H2,1-2H3/t12?,13-,19?/m0/s1. The topological polar surface area (TPSA) is 49.3 Å². The van der Waals surface area contributed by atoms with E-state index in [2.05, 4.69) is 5.32 Å². The molecule has 1 aliphatic heterocycles. The summed E-state index contributed by atoms with van der Waals surface area (Å²) in [6, 6.07) is 12.6. The van der Waals surface area contributed by atoms with Crippen molar-refractivity contribution in [1.82, 2.24) is 5.32 Å². The third kappa shape index (κ3) is 2.77. The van der Waals surface area contributed by atoms with Crippen molar-refractivity contribution in [3.63, 3.8) is 0 Å². The highest BCUT2D eigenvalue weighted by Crippen LogP contribution is 2.50. The molecule has 0 aromatic heterocycles. The number of benzene rings is 2. The van der Waals surface area contributed by atoms with Crippen LogP contribution in [-0.4, -0.2) is 10.9 Å². The molecule has 2 aliphatic rings. The molecule has 140 valence electrons. The number of ketones is 1. The van der Waals surface area contributed by atoms with Crippen molar-refractivity contribution in [2.24, 2.45) is 0 Å². The van der Waals surface area contributed by atoms with E-state index in [1.54, 1.807) is 12.1 Å². The first-order chi connectivity index (χ1) is 12.8. The van der Waals surface area contributed by atoms with E-state index in [4.69, 9.17) is 0 Å². The second kappa shape index (κ2) is 6.27. The van der Waals surface area contributed by atoms with Crippen LogP contribution in [0.4, 0.5) is 8.78 Å². The Balaban J connectivity index is 1.74. The van der Waals surface area contributed by atoms with Crippen LogP contribution in [0.3, 0.4) is 0 Å². The van der Waals surface area contributed by atoms with Crippen molar-refractivity contribution < 1.29 is 18.7 Å². The first-order valence-electron chi connectivity index (χ1n) is 9.10. The number of fused-ring (bicyclic) bond motifs is 2. The van der Waals surface area contributed by atoms with Gasteiger partial charge in [-0.15, -0.1) is 0 Å². The van der Waals surface area contributed by atoms with Gasteiger partial charge in [0.25, 0.3) is 0 Å². The number of aliphatic hydroxyl groups is 1. The lowest BCUT2D eigenvalue weighted by molar-refractivity contribution is -0.143. The van der Waals surface area contributed by atoms with Gasteiger partial charge in [0, 0.05) is 23.7 Å². The average Bonchev–Trinajstić information content (AvgIpc) is 2.83. The van der Waals surface area contributed by atoms with Crippen molar-refractivity contribution in [1.29, 1.82) is 0 Å². The Kier molecular flexibility index (Phi) is 4.15. The highest BCUT2D eigenvalue weighted by molar-refractivity contribution is 5.98. The van der Waals surface area contributed by atoms with Crippen LogP contribution in [0.15, 0.2) is 48.2 Å². The lowest BCUT2D eigenvalue weighted by Gasteiger charge is -2.26. The molecule has 0 fully saturated rings. The molecular weight excluding hydrogens is 348 g/mol. The van der Waals surface area contributed by atoms with Gasteiger partial charge in [0.1, 0.15) is 0 Å². The summed E-state index contributed by atoms with van der Waals surface area (Å²) in [6.45, 7) is 3.45. The molecule has 4 rings (SSSR count). The molecule has 0 radical (unpaired) electrons. The maximum atomic E-state index is 14.8. The highest BCUT2D eigenvalue weighted by Gasteiger charge is 2.55. The Morgan fingerprint density at radius 3 is 2.59 bits per heavy atom. The quantitative estimate of drug-likeness (QED) is 0.832. The number of hydrogen-bond acceptors (Lipinski definition) is 3. The lowest BCUT2D eigenvalue weighted by Crippen LogP contribution is -2.27. The molecule has 5 heteroatoms. The predicted octanol–water partition coefficient (Wildman–Crippen LogP) is 4.59. The average molecular weight is 369 g/mol. The Hall–Kier alpha value is -2.53. The largest absolute Gasteiger partial charge is 0.389 e. The van der Waals surface area contributed by atoms with Gasteiger partial charge >= 0.3 is 5.92 Å². The Morgan fingerprint density at radius 2 is 1.85 bits per heavy atom. The lowest BCUT2D eigenvalue weighted by atomic mass is 9.90. The number of nitrogens with one attached hydrogen (secondary N) is 1. The number of rotatable bonds is 3. The molecule has 1 heterocycles. The fourth-order valence-corrected chi connectivity index (χ4v) is 4.24. The van der Waals surface area contributed by atoms with E-state index in [0.29, 0.717) is 5.56 Å². The summed E-state index contributed by atoms with van der Waals surface area (Å²) in [5, 5.41) is 13.2. The smallest absolute Gasteiger partial charge is 0.331 e. The van der Waals surface area contributed by atoms with Gasteiger partial charge in [-0.3, -0.25) is 4.79 Å². The van der Waals surface area contributed by atoms with Crippen molar-refractivity contribution in [2.75, 3.05) is 0 Å². The molecule has 27 heavy (non-hydrogen) atoms. The number of hydrogen-bond donors (Lipinski definition) is 2. The second-order valence-electron chi connectivity index (χ2n) is 7.35. The van der Waals surface area contributed by atoms with Crippen LogP contribution >= 0.6 is 0 Å². The summed E-state index contributed by atoms with van der Waals surface area (Å²) in [5.74, 6) is -5.60. The molecule has 3 atom stereocenters. The molecular formula is C22H21F2NO2. The van der Waals surface area contributed by atoms with Crippen molar-refractivity contribution >= 4 is 11.9 Å². The summed E-state index contributed by atoms with van der Waals surface area (Å²) in [5.41, 5.74) is 3.07. The van der Waals surface area contributed by atoms with Crippen LogP contribution in [0.2, 0.25) is 0 Å². The fourth-order valence-electron chi connectivity index (χ4n) is 4.24.